The van der Waals surface area contributed by atoms with Crippen LogP contribution in [0.5, 0.6) is 0 Å². The molecule has 2 heterocycles. The summed E-state index contributed by atoms with van der Waals surface area (Å²) in [6.07, 6.45) is 3.60. The largest absolute Gasteiger partial charge is 0.465 e. The number of carbonyl (C=O) groups is 3. The van der Waals surface area contributed by atoms with Gasteiger partial charge in [0, 0.05) is 17.9 Å². The van der Waals surface area contributed by atoms with E-state index in [9.17, 15) is 14.4 Å². The number of rotatable bonds is 5. The maximum Gasteiger partial charge on any atom is 0.337 e. The lowest BCUT2D eigenvalue weighted by atomic mass is 10.2. The molecule has 1 saturated carbocycles. The average Bonchev–Trinajstić information content (AvgIpc) is 3.43. The molecule has 2 aromatic heterocycles. The van der Waals surface area contributed by atoms with Crippen molar-refractivity contribution in [2.45, 2.75) is 18.9 Å². The number of hydrogen-bond donors (Lipinski definition) is 2. The molecule has 2 N–H and O–H groups in total. The van der Waals surface area contributed by atoms with Crippen molar-refractivity contribution in [3.8, 4) is 0 Å². The topological polar surface area (TPSA) is 102 Å². The van der Waals surface area contributed by atoms with E-state index in [1.54, 1.807) is 47.0 Å². The number of fused-ring (bicyclic) bond motifs is 1. The third-order valence-corrected chi connectivity index (χ3v) is 4.42. The second-order valence-corrected chi connectivity index (χ2v) is 6.51. The summed E-state index contributed by atoms with van der Waals surface area (Å²) in [5, 5.41) is 5.61. The zero-order chi connectivity index (χ0) is 19.7. The molecule has 0 radical (unpaired) electrons. The minimum absolute atomic E-state index is 0.0834. The Hall–Kier alpha value is -3.68. The zero-order valence-corrected chi connectivity index (χ0v) is 15.1. The van der Waals surface area contributed by atoms with Crippen molar-refractivity contribution >= 4 is 29.0 Å². The van der Waals surface area contributed by atoms with Crippen LogP contribution < -0.4 is 10.6 Å². The van der Waals surface area contributed by atoms with Gasteiger partial charge in [0.15, 0.2) is 5.69 Å². The highest BCUT2D eigenvalue weighted by atomic mass is 16.5. The molecule has 2 amide bonds. The first-order valence-corrected chi connectivity index (χ1v) is 8.84. The quantitative estimate of drug-likeness (QED) is 0.663. The summed E-state index contributed by atoms with van der Waals surface area (Å²) in [6.45, 7) is 0. The number of benzene rings is 1. The number of carbonyl (C=O) groups excluding carboxylic acids is 3. The molecule has 1 fully saturated rings. The summed E-state index contributed by atoms with van der Waals surface area (Å²) in [5.74, 6) is -1.20. The molecule has 28 heavy (non-hydrogen) atoms. The van der Waals surface area contributed by atoms with Gasteiger partial charge in [-0.25, -0.2) is 9.78 Å². The fourth-order valence-corrected chi connectivity index (χ4v) is 2.88. The number of esters is 1. The number of amides is 2. The number of aromatic nitrogens is 2. The van der Waals surface area contributed by atoms with Gasteiger partial charge in [-0.2, -0.15) is 0 Å². The van der Waals surface area contributed by atoms with Gasteiger partial charge < -0.3 is 15.4 Å². The Kier molecular flexibility index (Phi) is 4.52. The van der Waals surface area contributed by atoms with Crippen LogP contribution in [0, 0.1) is 0 Å². The van der Waals surface area contributed by atoms with Gasteiger partial charge in [-0.05, 0) is 43.2 Å². The average molecular weight is 378 g/mol. The van der Waals surface area contributed by atoms with Crippen LogP contribution in [-0.2, 0) is 4.74 Å². The molecular weight excluding hydrogens is 360 g/mol. The zero-order valence-electron chi connectivity index (χ0n) is 15.1. The third-order valence-electron chi connectivity index (χ3n) is 4.42. The number of ether oxygens (including phenoxy) is 1. The molecule has 0 atom stereocenters. The Morgan fingerprint density at radius 3 is 2.68 bits per heavy atom. The van der Waals surface area contributed by atoms with Crippen molar-refractivity contribution in [2.75, 3.05) is 12.4 Å². The fraction of sp³-hybridized carbons (Fsp3) is 0.200. The van der Waals surface area contributed by atoms with Crippen molar-refractivity contribution in [3.05, 3.63) is 65.7 Å². The summed E-state index contributed by atoms with van der Waals surface area (Å²) < 4.78 is 6.26. The summed E-state index contributed by atoms with van der Waals surface area (Å²) in [5.41, 5.74) is 1.50. The van der Waals surface area contributed by atoms with E-state index in [4.69, 9.17) is 4.74 Å². The van der Waals surface area contributed by atoms with E-state index in [0.717, 1.165) is 12.8 Å². The Bertz CT molecular complexity index is 1080. The lowest BCUT2D eigenvalue weighted by Crippen LogP contribution is -2.26. The Balaban J connectivity index is 1.64. The Morgan fingerprint density at radius 2 is 1.93 bits per heavy atom. The number of methoxy groups -OCH3 is 1. The van der Waals surface area contributed by atoms with Crippen molar-refractivity contribution in [1.29, 1.82) is 0 Å². The lowest BCUT2D eigenvalue weighted by molar-refractivity contribution is 0.0600. The number of hydrogen-bond acceptors (Lipinski definition) is 5. The van der Waals surface area contributed by atoms with E-state index in [2.05, 4.69) is 15.6 Å². The molecule has 0 spiro atoms. The molecule has 3 aromatic rings. The number of imidazole rings is 1. The van der Waals surface area contributed by atoms with Gasteiger partial charge in [0.2, 0.25) is 5.82 Å². The van der Waals surface area contributed by atoms with Gasteiger partial charge in [0.25, 0.3) is 11.8 Å². The predicted molar refractivity (Wildman–Crippen MR) is 101 cm³/mol. The second-order valence-electron chi connectivity index (χ2n) is 6.51. The van der Waals surface area contributed by atoms with Crippen LogP contribution >= 0.6 is 0 Å². The highest BCUT2D eigenvalue weighted by Gasteiger charge is 2.27. The van der Waals surface area contributed by atoms with Gasteiger partial charge >= 0.3 is 5.97 Å². The van der Waals surface area contributed by atoms with Crippen molar-refractivity contribution in [1.82, 2.24) is 14.7 Å². The van der Waals surface area contributed by atoms with Gasteiger partial charge in [-0.3, -0.25) is 14.0 Å². The Morgan fingerprint density at radius 1 is 1.11 bits per heavy atom. The first-order chi connectivity index (χ1) is 13.6. The van der Waals surface area contributed by atoms with E-state index < -0.39 is 11.9 Å². The van der Waals surface area contributed by atoms with Crippen LogP contribution in [0.2, 0.25) is 0 Å². The molecule has 8 heteroatoms. The summed E-state index contributed by atoms with van der Waals surface area (Å²) in [6, 6.07) is 11.9. The SMILES string of the molecule is COC(=O)c1cccc(NC(=O)c2nc(C(=O)NC3CC3)c3ccccn23)c1. The number of anilines is 1. The number of pyridine rings is 1. The molecule has 0 unspecified atom stereocenters. The molecule has 142 valence electrons. The van der Waals surface area contributed by atoms with E-state index in [0.29, 0.717) is 16.8 Å². The highest BCUT2D eigenvalue weighted by molar-refractivity contribution is 6.06. The van der Waals surface area contributed by atoms with Gasteiger partial charge in [0.05, 0.1) is 18.2 Å². The summed E-state index contributed by atoms with van der Waals surface area (Å²) in [4.78, 5) is 41.3. The molecule has 0 saturated heterocycles. The molecule has 1 aliphatic rings. The standard InChI is InChI=1S/C20H18N4O4/c1-28-20(27)12-5-4-6-14(11-12)22-19(26)17-23-16(18(25)21-13-8-9-13)15-7-2-3-10-24(15)17/h2-7,10-11,13H,8-9H2,1H3,(H,21,25)(H,22,26). The van der Waals surface area contributed by atoms with E-state index in [-0.39, 0.29) is 23.5 Å². The summed E-state index contributed by atoms with van der Waals surface area (Å²) >= 11 is 0. The minimum atomic E-state index is -0.499. The highest BCUT2D eigenvalue weighted by Crippen LogP contribution is 2.21. The van der Waals surface area contributed by atoms with Crippen LogP contribution in [0.1, 0.15) is 44.3 Å². The molecular formula is C20H18N4O4. The molecule has 4 rings (SSSR count). The van der Waals surface area contributed by atoms with E-state index in [1.807, 2.05) is 0 Å². The minimum Gasteiger partial charge on any atom is -0.465 e. The van der Waals surface area contributed by atoms with Crippen molar-refractivity contribution < 1.29 is 19.1 Å². The number of nitrogens with one attached hydrogen (secondary N) is 2. The molecule has 0 bridgehead atoms. The summed E-state index contributed by atoms with van der Waals surface area (Å²) in [7, 11) is 1.29. The first-order valence-electron chi connectivity index (χ1n) is 8.84. The van der Waals surface area contributed by atoms with Gasteiger partial charge in [0.1, 0.15) is 0 Å². The van der Waals surface area contributed by atoms with Crippen LogP contribution in [0.25, 0.3) is 5.52 Å². The van der Waals surface area contributed by atoms with Crippen molar-refractivity contribution in [2.24, 2.45) is 0 Å². The number of nitrogens with zero attached hydrogens (tertiary/aromatic N) is 2. The van der Waals surface area contributed by atoms with Crippen molar-refractivity contribution in [3.63, 3.8) is 0 Å². The van der Waals surface area contributed by atoms with E-state index >= 15 is 0 Å². The fourth-order valence-electron chi connectivity index (χ4n) is 2.88. The van der Waals surface area contributed by atoms with Crippen LogP contribution in [0.4, 0.5) is 5.69 Å². The molecule has 1 aromatic carbocycles. The normalized spacial score (nSPS) is 13.2. The van der Waals surface area contributed by atoms with Gasteiger partial charge in [-0.1, -0.05) is 12.1 Å². The maximum atomic E-state index is 12.8. The predicted octanol–water partition coefficient (Wildman–Crippen LogP) is 2.27. The lowest BCUT2D eigenvalue weighted by Gasteiger charge is -2.06. The molecule has 1 aliphatic carbocycles. The maximum absolute atomic E-state index is 12.8. The monoisotopic (exact) mass is 378 g/mol. The smallest absolute Gasteiger partial charge is 0.337 e. The Labute approximate surface area is 160 Å². The van der Waals surface area contributed by atoms with Crippen LogP contribution in [-0.4, -0.2) is 40.3 Å². The van der Waals surface area contributed by atoms with E-state index in [1.165, 1.54) is 13.2 Å². The first kappa shape index (κ1) is 17.7. The van der Waals surface area contributed by atoms with Crippen LogP contribution in [0.15, 0.2) is 48.7 Å². The van der Waals surface area contributed by atoms with Gasteiger partial charge in [-0.15, -0.1) is 0 Å². The third kappa shape index (κ3) is 3.44. The second kappa shape index (κ2) is 7.15. The van der Waals surface area contributed by atoms with Crippen LogP contribution in [0.3, 0.4) is 0 Å². The molecule has 0 aliphatic heterocycles. The molecule has 8 nitrogen and oxygen atoms in total.